The van der Waals surface area contributed by atoms with Gasteiger partial charge in [-0.2, -0.15) is 5.26 Å². The van der Waals surface area contributed by atoms with Gasteiger partial charge in [-0.05, 0) is 30.3 Å². The normalized spacial score (nSPS) is 13.4. The van der Waals surface area contributed by atoms with Gasteiger partial charge in [0, 0.05) is 0 Å². The molecule has 1 aliphatic rings. The topological polar surface area (TPSA) is 53.3 Å². The Hall–Kier alpha value is -2.80. The van der Waals surface area contributed by atoms with Crippen molar-refractivity contribution in [1.29, 1.82) is 5.26 Å². The van der Waals surface area contributed by atoms with E-state index in [4.69, 9.17) is 10.00 Å². The van der Waals surface area contributed by atoms with Gasteiger partial charge in [0.2, 0.25) is 0 Å². The lowest BCUT2D eigenvalue weighted by Crippen LogP contribution is -2.35. The van der Waals surface area contributed by atoms with Crippen LogP contribution in [0.2, 0.25) is 0 Å². The molecule has 0 spiro atoms. The number of hydrogen-bond acceptors (Lipinski definition) is 3. The Morgan fingerprint density at radius 2 is 2.00 bits per heavy atom. The maximum Gasteiger partial charge on any atom is 0.269 e. The molecule has 1 heterocycles. The molecule has 0 N–H and O–H groups in total. The van der Waals surface area contributed by atoms with Crippen LogP contribution in [0.25, 0.3) is 0 Å². The van der Waals surface area contributed by atoms with Crippen molar-refractivity contribution in [2.24, 2.45) is 0 Å². The summed E-state index contributed by atoms with van der Waals surface area (Å²) in [6.07, 6.45) is 0. The summed E-state index contributed by atoms with van der Waals surface area (Å²) in [5.74, 6) is 0.526. The van der Waals surface area contributed by atoms with Crippen LogP contribution in [0, 0.1) is 11.3 Å². The highest BCUT2D eigenvalue weighted by atomic mass is 16.5. The van der Waals surface area contributed by atoms with E-state index in [0.29, 0.717) is 22.7 Å². The number of carbonyl (C=O) groups excluding carboxylic acids is 1. The molecule has 0 aromatic heterocycles. The number of ether oxygens (including phenoxy) is 1. The number of benzene rings is 2. The van der Waals surface area contributed by atoms with Crippen LogP contribution in [-0.4, -0.2) is 12.5 Å². The van der Waals surface area contributed by atoms with Crippen molar-refractivity contribution in [3.05, 3.63) is 54.1 Å². The SMILES string of the molecule is N#Cc1cccc(N2C(=O)COc3ccccc32)c1. The number of amides is 1. The Labute approximate surface area is 110 Å². The van der Waals surface area contributed by atoms with Crippen LogP contribution < -0.4 is 9.64 Å². The third kappa shape index (κ3) is 1.91. The van der Waals surface area contributed by atoms with E-state index in [1.807, 2.05) is 24.3 Å². The van der Waals surface area contributed by atoms with Crippen LogP contribution in [0.3, 0.4) is 0 Å². The quantitative estimate of drug-likeness (QED) is 0.781. The predicted molar refractivity (Wildman–Crippen MR) is 70.2 cm³/mol. The summed E-state index contributed by atoms with van der Waals surface area (Å²) >= 11 is 0. The molecule has 0 atom stereocenters. The van der Waals surface area contributed by atoms with Gasteiger partial charge in [0.1, 0.15) is 5.75 Å². The number of nitrogens with zero attached hydrogens (tertiary/aromatic N) is 2. The lowest BCUT2D eigenvalue weighted by atomic mass is 10.1. The number of para-hydroxylation sites is 2. The molecule has 1 aliphatic heterocycles. The molecule has 4 heteroatoms. The summed E-state index contributed by atoms with van der Waals surface area (Å²) in [6.45, 7) is 0.00773. The lowest BCUT2D eigenvalue weighted by Gasteiger charge is -2.29. The molecule has 2 aromatic carbocycles. The summed E-state index contributed by atoms with van der Waals surface area (Å²) in [5, 5.41) is 8.94. The van der Waals surface area contributed by atoms with Crippen molar-refractivity contribution in [1.82, 2.24) is 0 Å². The second-order valence-corrected chi connectivity index (χ2v) is 4.15. The second kappa shape index (κ2) is 4.46. The molecule has 0 saturated heterocycles. The maximum atomic E-state index is 12.1. The molecular weight excluding hydrogens is 240 g/mol. The smallest absolute Gasteiger partial charge is 0.269 e. The van der Waals surface area contributed by atoms with E-state index in [0.717, 1.165) is 0 Å². The largest absolute Gasteiger partial charge is 0.482 e. The zero-order valence-corrected chi connectivity index (χ0v) is 10.0. The van der Waals surface area contributed by atoms with Crippen molar-refractivity contribution < 1.29 is 9.53 Å². The molecular formula is C15H10N2O2. The molecule has 0 fully saturated rings. The summed E-state index contributed by atoms with van der Waals surface area (Å²) in [4.78, 5) is 13.7. The van der Waals surface area contributed by atoms with Crippen molar-refractivity contribution >= 4 is 17.3 Å². The number of carbonyl (C=O) groups is 1. The van der Waals surface area contributed by atoms with Crippen LogP contribution in [0.4, 0.5) is 11.4 Å². The van der Waals surface area contributed by atoms with Gasteiger partial charge in [0.15, 0.2) is 6.61 Å². The predicted octanol–water partition coefficient (Wildman–Crippen LogP) is 2.62. The van der Waals surface area contributed by atoms with Crippen LogP contribution in [0.1, 0.15) is 5.56 Å². The molecule has 0 aliphatic carbocycles. The van der Waals surface area contributed by atoms with E-state index in [-0.39, 0.29) is 12.5 Å². The second-order valence-electron chi connectivity index (χ2n) is 4.15. The summed E-state index contributed by atoms with van der Waals surface area (Å²) < 4.78 is 5.39. The van der Waals surface area contributed by atoms with Gasteiger partial charge in [0.05, 0.1) is 23.0 Å². The summed E-state index contributed by atoms with van der Waals surface area (Å²) in [7, 11) is 0. The zero-order chi connectivity index (χ0) is 13.2. The van der Waals surface area contributed by atoms with E-state index in [1.54, 1.807) is 29.2 Å². The van der Waals surface area contributed by atoms with Crippen molar-refractivity contribution in [3.63, 3.8) is 0 Å². The Morgan fingerprint density at radius 1 is 1.16 bits per heavy atom. The molecule has 1 amide bonds. The van der Waals surface area contributed by atoms with Crippen LogP contribution in [-0.2, 0) is 4.79 Å². The van der Waals surface area contributed by atoms with E-state index in [1.165, 1.54) is 0 Å². The van der Waals surface area contributed by atoms with Crippen LogP contribution in [0.15, 0.2) is 48.5 Å². The van der Waals surface area contributed by atoms with Gasteiger partial charge in [0.25, 0.3) is 5.91 Å². The average molecular weight is 250 g/mol. The standard InChI is InChI=1S/C15H10N2O2/c16-9-11-4-3-5-12(8-11)17-13-6-1-2-7-14(13)19-10-15(17)18/h1-8H,10H2. The van der Waals surface area contributed by atoms with Crippen molar-refractivity contribution in [2.75, 3.05) is 11.5 Å². The minimum absolute atomic E-state index is 0.00773. The van der Waals surface area contributed by atoms with Gasteiger partial charge in [-0.15, -0.1) is 0 Å². The monoisotopic (exact) mass is 250 g/mol. The van der Waals surface area contributed by atoms with E-state index in [2.05, 4.69) is 6.07 Å². The first-order valence-electron chi connectivity index (χ1n) is 5.84. The first kappa shape index (κ1) is 11.3. The fraction of sp³-hybridized carbons (Fsp3) is 0.0667. The van der Waals surface area contributed by atoms with E-state index < -0.39 is 0 Å². The van der Waals surface area contributed by atoms with Crippen molar-refractivity contribution in [3.8, 4) is 11.8 Å². The average Bonchev–Trinajstić information content (AvgIpc) is 2.47. The summed E-state index contributed by atoms with van der Waals surface area (Å²) in [5.41, 5.74) is 1.91. The Morgan fingerprint density at radius 3 is 2.84 bits per heavy atom. The van der Waals surface area contributed by atoms with Crippen LogP contribution in [0.5, 0.6) is 5.75 Å². The lowest BCUT2D eigenvalue weighted by molar-refractivity contribution is -0.120. The minimum Gasteiger partial charge on any atom is -0.482 e. The summed E-state index contributed by atoms with van der Waals surface area (Å²) in [6, 6.07) is 16.4. The molecule has 0 bridgehead atoms. The highest BCUT2D eigenvalue weighted by molar-refractivity contribution is 6.04. The third-order valence-corrected chi connectivity index (χ3v) is 2.94. The number of nitriles is 1. The van der Waals surface area contributed by atoms with E-state index in [9.17, 15) is 4.79 Å². The number of anilines is 2. The number of fused-ring (bicyclic) bond motifs is 1. The molecule has 4 nitrogen and oxygen atoms in total. The molecule has 0 saturated carbocycles. The molecule has 92 valence electrons. The van der Waals surface area contributed by atoms with Gasteiger partial charge in [-0.1, -0.05) is 18.2 Å². The number of rotatable bonds is 1. The highest BCUT2D eigenvalue weighted by Gasteiger charge is 2.26. The molecule has 0 unspecified atom stereocenters. The third-order valence-electron chi connectivity index (χ3n) is 2.94. The molecule has 0 radical (unpaired) electrons. The van der Waals surface area contributed by atoms with Gasteiger partial charge in [-0.25, -0.2) is 0 Å². The maximum absolute atomic E-state index is 12.1. The Kier molecular flexibility index (Phi) is 2.66. The highest BCUT2D eigenvalue weighted by Crippen LogP contribution is 2.36. The first-order valence-corrected chi connectivity index (χ1v) is 5.84. The Balaban J connectivity index is 2.13. The first-order chi connectivity index (χ1) is 9.29. The zero-order valence-electron chi connectivity index (χ0n) is 10.0. The number of hydrogen-bond donors (Lipinski definition) is 0. The van der Waals surface area contributed by atoms with Crippen molar-refractivity contribution in [2.45, 2.75) is 0 Å². The van der Waals surface area contributed by atoms with E-state index >= 15 is 0 Å². The molecule has 19 heavy (non-hydrogen) atoms. The Bertz CT molecular complexity index is 689. The molecule has 2 aromatic rings. The van der Waals surface area contributed by atoms with Gasteiger partial charge in [-0.3, -0.25) is 9.69 Å². The van der Waals surface area contributed by atoms with Gasteiger partial charge < -0.3 is 4.74 Å². The van der Waals surface area contributed by atoms with Crippen LogP contribution >= 0.6 is 0 Å². The minimum atomic E-state index is -0.145. The fourth-order valence-electron chi connectivity index (χ4n) is 2.10. The molecule has 3 rings (SSSR count). The fourth-order valence-corrected chi connectivity index (χ4v) is 2.10. The van der Waals surface area contributed by atoms with Gasteiger partial charge >= 0.3 is 0 Å².